The zero-order valence-electron chi connectivity index (χ0n) is 37.6. The number of hydrogen-bond acceptors (Lipinski definition) is 2. The standard InChI is InChI=1S/C64H54N2/c1-5-15-43(16-6-1)44-25-29-48(30-26-44)60-42-61(66-62(65-60)50-17-7-2-8-18-50)49-31-27-46(28-32-49)45-21-23-47(24-22-45)51-33-34-53-55-41-58-54(40-59(55)64(57(53)39-51)37-13-4-14-38-64)52-19-9-10-20-56(52)63(58)35-11-3-12-36-63/h1-2,5-10,15-34,39-42,62,65H,3-4,11-14,35-38H2. The molecule has 2 nitrogen and oxygen atoms in total. The lowest BCUT2D eigenvalue weighted by atomic mass is 9.66. The monoisotopic (exact) mass is 850 g/mol. The van der Waals surface area contributed by atoms with Crippen LogP contribution in [0.2, 0.25) is 0 Å². The summed E-state index contributed by atoms with van der Waals surface area (Å²) in [5.41, 5.74) is 25.6. The first-order chi connectivity index (χ1) is 32.6. The summed E-state index contributed by atoms with van der Waals surface area (Å²) < 4.78 is 0. The summed E-state index contributed by atoms with van der Waals surface area (Å²) >= 11 is 0. The predicted octanol–water partition coefficient (Wildman–Crippen LogP) is 16.3. The average Bonchev–Trinajstić information content (AvgIpc) is 3.80. The Balaban J connectivity index is 0.800. The number of benzene rings is 8. The Bertz CT molecular complexity index is 3180. The van der Waals surface area contributed by atoms with Crippen LogP contribution in [-0.2, 0) is 10.8 Å². The van der Waals surface area contributed by atoms with Crippen LogP contribution in [-0.4, -0.2) is 5.71 Å². The van der Waals surface area contributed by atoms with E-state index < -0.39 is 0 Å². The molecule has 0 amide bonds. The summed E-state index contributed by atoms with van der Waals surface area (Å²) in [6.07, 6.45) is 15.0. The number of nitrogens with one attached hydrogen (secondary N) is 1. The molecule has 320 valence electrons. The number of allylic oxidation sites excluding steroid dienone is 1. The van der Waals surface area contributed by atoms with Crippen molar-refractivity contribution in [2.75, 3.05) is 0 Å². The van der Waals surface area contributed by atoms with E-state index >= 15 is 0 Å². The van der Waals surface area contributed by atoms with Crippen LogP contribution in [0.5, 0.6) is 0 Å². The van der Waals surface area contributed by atoms with Crippen molar-refractivity contribution in [3.05, 3.63) is 233 Å². The van der Waals surface area contributed by atoms with Crippen LogP contribution in [0.25, 0.3) is 61.3 Å². The van der Waals surface area contributed by atoms with E-state index in [0.717, 1.165) is 28.1 Å². The molecular formula is C64H54N2. The Morgan fingerprint density at radius 1 is 0.348 bits per heavy atom. The first-order valence-corrected chi connectivity index (χ1v) is 24.6. The molecule has 1 unspecified atom stereocenters. The van der Waals surface area contributed by atoms with Crippen molar-refractivity contribution in [1.82, 2.24) is 5.32 Å². The van der Waals surface area contributed by atoms with E-state index in [1.165, 1.54) is 120 Å². The van der Waals surface area contributed by atoms with Gasteiger partial charge in [0.1, 0.15) is 6.17 Å². The van der Waals surface area contributed by atoms with Crippen molar-refractivity contribution in [2.24, 2.45) is 4.99 Å². The Labute approximate surface area is 389 Å². The van der Waals surface area contributed by atoms with E-state index in [-0.39, 0.29) is 17.0 Å². The van der Waals surface area contributed by atoms with Crippen LogP contribution < -0.4 is 5.32 Å². The van der Waals surface area contributed by atoms with Crippen molar-refractivity contribution in [2.45, 2.75) is 81.2 Å². The van der Waals surface area contributed by atoms with Crippen molar-refractivity contribution < 1.29 is 0 Å². The fraction of sp³-hybridized carbons (Fsp3) is 0.203. The van der Waals surface area contributed by atoms with Gasteiger partial charge in [0.25, 0.3) is 0 Å². The normalized spacial score (nSPS) is 18.4. The van der Waals surface area contributed by atoms with Crippen molar-refractivity contribution >= 4 is 11.4 Å². The largest absolute Gasteiger partial charge is 0.360 e. The zero-order valence-corrected chi connectivity index (χ0v) is 37.6. The molecule has 1 atom stereocenters. The van der Waals surface area contributed by atoms with Crippen LogP contribution in [0.15, 0.2) is 199 Å². The number of nitrogens with zero attached hydrogens (tertiary/aromatic N) is 1. The van der Waals surface area contributed by atoms with Crippen molar-refractivity contribution in [1.29, 1.82) is 0 Å². The SMILES string of the molecule is C1=C(c2ccc(-c3ccccc3)cc2)NC(c2ccccc2)N=C1c1ccc(-c2ccc(-c3ccc4c(c3)C3(CCCCC3)c3cc5c(cc3-4)C3(CCCCC3)c3ccccc3-5)cc2)cc1. The molecule has 1 heterocycles. The van der Waals surface area contributed by atoms with Crippen LogP contribution in [0.3, 0.4) is 0 Å². The highest BCUT2D eigenvalue weighted by Crippen LogP contribution is 2.62. The number of aliphatic imine (C=N–C) groups is 1. The van der Waals surface area contributed by atoms with E-state index in [9.17, 15) is 0 Å². The zero-order chi connectivity index (χ0) is 43.7. The molecule has 8 aromatic rings. The summed E-state index contributed by atoms with van der Waals surface area (Å²) in [5.74, 6) is 0. The molecule has 2 heteroatoms. The molecule has 5 aliphatic rings. The summed E-state index contributed by atoms with van der Waals surface area (Å²) in [6.45, 7) is 0. The van der Waals surface area contributed by atoms with Gasteiger partial charge in [0.2, 0.25) is 0 Å². The minimum absolute atomic E-state index is 0.0929. The third-order valence-corrected chi connectivity index (χ3v) is 16.2. The summed E-state index contributed by atoms with van der Waals surface area (Å²) in [4.78, 5) is 5.25. The van der Waals surface area contributed by atoms with E-state index in [1.54, 1.807) is 22.3 Å². The molecule has 0 bridgehead atoms. The quantitative estimate of drug-likeness (QED) is 0.177. The molecule has 1 N–H and O–H groups in total. The average molecular weight is 851 g/mol. The van der Waals surface area contributed by atoms with Gasteiger partial charge >= 0.3 is 0 Å². The van der Waals surface area contributed by atoms with Crippen molar-refractivity contribution in [3.8, 4) is 55.6 Å². The molecule has 2 saturated carbocycles. The van der Waals surface area contributed by atoms with Gasteiger partial charge in [0.15, 0.2) is 0 Å². The fourth-order valence-electron chi connectivity index (χ4n) is 12.8. The van der Waals surface area contributed by atoms with E-state index in [1.807, 2.05) is 0 Å². The smallest absolute Gasteiger partial charge is 0.145 e. The van der Waals surface area contributed by atoms with Crippen LogP contribution >= 0.6 is 0 Å². The van der Waals surface area contributed by atoms with Gasteiger partial charge in [-0.15, -0.1) is 0 Å². The topological polar surface area (TPSA) is 24.4 Å². The van der Waals surface area contributed by atoms with E-state index in [2.05, 4.69) is 199 Å². The molecule has 0 aromatic heterocycles. The van der Waals surface area contributed by atoms with E-state index in [4.69, 9.17) is 4.99 Å². The Kier molecular flexibility index (Phi) is 9.45. The molecular weight excluding hydrogens is 797 g/mol. The lowest BCUT2D eigenvalue weighted by Crippen LogP contribution is -2.29. The van der Waals surface area contributed by atoms with Crippen LogP contribution in [0.4, 0.5) is 0 Å². The molecule has 66 heavy (non-hydrogen) atoms. The summed E-state index contributed by atoms with van der Waals surface area (Å²) in [5, 5.41) is 3.73. The summed E-state index contributed by atoms with van der Waals surface area (Å²) in [7, 11) is 0. The minimum atomic E-state index is -0.185. The number of rotatable bonds is 6. The third-order valence-electron chi connectivity index (χ3n) is 16.2. The molecule has 0 saturated heterocycles. The number of hydrogen-bond donors (Lipinski definition) is 1. The van der Waals surface area contributed by atoms with Gasteiger partial charge in [-0.05, 0) is 145 Å². The highest BCUT2D eigenvalue weighted by Gasteiger charge is 2.49. The molecule has 0 radical (unpaired) electrons. The molecule has 13 rings (SSSR count). The second kappa shape index (κ2) is 15.8. The minimum Gasteiger partial charge on any atom is -0.360 e. The predicted molar refractivity (Wildman–Crippen MR) is 275 cm³/mol. The molecule has 8 aromatic carbocycles. The maximum Gasteiger partial charge on any atom is 0.145 e. The molecule has 4 aliphatic carbocycles. The van der Waals surface area contributed by atoms with Gasteiger partial charge in [0, 0.05) is 16.5 Å². The molecule has 2 spiro atoms. The highest BCUT2D eigenvalue weighted by atomic mass is 15.1. The first-order valence-electron chi connectivity index (χ1n) is 24.6. The fourth-order valence-corrected chi connectivity index (χ4v) is 12.8. The van der Waals surface area contributed by atoms with Crippen LogP contribution in [0, 0.1) is 0 Å². The van der Waals surface area contributed by atoms with Gasteiger partial charge in [-0.2, -0.15) is 0 Å². The van der Waals surface area contributed by atoms with Gasteiger partial charge in [-0.25, -0.2) is 0 Å². The van der Waals surface area contributed by atoms with Gasteiger partial charge in [-0.1, -0.05) is 208 Å². The maximum atomic E-state index is 5.25. The van der Waals surface area contributed by atoms with Crippen LogP contribution in [0.1, 0.15) is 109 Å². The second-order valence-electron chi connectivity index (χ2n) is 19.7. The number of fused-ring (bicyclic) bond motifs is 10. The van der Waals surface area contributed by atoms with Crippen molar-refractivity contribution in [3.63, 3.8) is 0 Å². The van der Waals surface area contributed by atoms with Gasteiger partial charge in [0.05, 0.1) is 5.71 Å². The maximum absolute atomic E-state index is 5.25. The Hall–Kier alpha value is -7.03. The van der Waals surface area contributed by atoms with Gasteiger partial charge < -0.3 is 5.32 Å². The molecule has 2 fully saturated rings. The highest BCUT2D eigenvalue weighted by molar-refractivity contribution is 6.13. The summed E-state index contributed by atoms with van der Waals surface area (Å²) in [6, 6.07) is 70.4. The third kappa shape index (κ3) is 6.40. The second-order valence-corrected chi connectivity index (χ2v) is 19.7. The lowest BCUT2D eigenvalue weighted by molar-refractivity contribution is 0.350. The Morgan fingerprint density at radius 2 is 0.788 bits per heavy atom. The van der Waals surface area contributed by atoms with E-state index in [0.29, 0.717) is 0 Å². The molecule has 1 aliphatic heterocycles. The first kappa shape index (κ1) is 39.3. The van der Waals surface area contributed by atoms with Gasteiger partial charge in [-0.3, -0.25) is 4.99 Å². The Morgan fingerprint density at radius 3 is 1.39 bits per heavy atom. The lowest BCUT2D eigenvalue weighted by Gasteiger charge is -2.37.